The van der Waals surface area contributed by atoms with Gasteiger partial charge in [-0.15, -0.1) is 0 Å². The van der Waals surface area contributed by atoms with E-state index in [0.29, 0.717) is 92.4 Å². The second kappa shape index (κ2) is 21.9. The molecular formula is C50H35Cl2F7N8O6. The van der Waals surface area contributed by atoms with E-state index in [-0.39, 0.29) is 38.4 Å². The predicted octanol–water partition coefficient (Wildman–Crippen LogP) is 11.3. The lowest BCUT2D eigenvalue weighted by molar-refractivity contribution is 0.101. The smallest absolute Gasteiger partial charge is 0.255 e. The van der Waals surface area contributed by atoms with Crippen molar-refractivity contribution in [1.82, 2.24) is 19.9 Å². The monoisotopic (exact) mass is 1050 g/mol. The molecule has 73 heavy (non-hydrogen) atoms. The summed E-state index contributed by atoms with van der Waals surface area (Å²) < 4.78 is 122. The van der Waals surface area contributed by atoms with Gasteiger partial charge in [-0.1, -0.05) is 23.2 Å². The van der Waals surface area contributed by atoms with Gasteiger partial charge >= 0.3 is 0 Å². The normalized spacial score (nSPS) is 13.6. The first-order chi connectivity index (χ1) is 35.2. The van der Waals surface area contributed by atoms with Crippen LogP contribution >= 0.6 is 23.2 Å². The number of rotatable bonds is 10. The van der Waals surface area contributed by atoms with Crippen LogP contribution in [0.3, 0.4) is 0 Å². The first-order valence-corrected chi connectivity index (χ1v) is 22.7. The number of aromatic nitrogens is 4. The molecule has 23 heteroatoms. The molecule has 0 radical (unpaired) electrons. The van der Waals surface area contributed by atoms with Gasteiger partial charge in [-0.3, -0.25) is 19.6 Å². The molecule has 374 valence electrons. The van der Waals surface area contributed by atoms with Gasteiger partial charge in [0.1, 0.15) is 34.8 Å². The highest BCUT2D eigenvalue weighted by molar-refractivity contribution is 6.31. The summed E-state index contributed by atoms with van der Waals surface area (Å²) in [5.74, 6) is -10.2. The van der Waals surface area contributed by atoms with Gasteiger partial charge in [-0.25, -0.2) is 36.3 Å². The zero-order valence-corrected chi connectivity index (χ0v) is 39.0. The largest absolute Gasteiger partial charge is 0.451 e. The quantitative estimate of drug-likeness (QED) is 0.0990. The molecule has 0 saturated carbocycles. The van der Waals surface area contributed by atoms with Crippen LogP contribution in [0.2, 0.25) is 10.0 Å². The van der Waals surface area contributed by atoms with Crippen LogP contribution in [0, 0.1) is 40.7 Å². The Hall–Kier alpha value is -7.85. The first-order valence-electron chi connectivity index (χ1n) is 21.9. The van der Waals surface area contributed by atoms with Gasteiger partial charge in [0, 0.05) is 73.3 Å². The van der Waals surface area contributed by atoms with E-state index in [1.807, 2.05) is 15.1 Å². The van der Waals surface area contributed by atoms with Gasteiger partial charge in [0.05, 0.1) is 76.6 Å². The summed E-state index contributed by atoms with van der Waals surface area (Å²) in [5, 5.41) is 3.96. The number of halogens is 9. The second-order valence-electron chi connectivity index (χ2n) is 16.0. The summed E-state index contributed by atoms with van der Waals surface area (Å²) in [5.41, 5.74) is 0.769. The van der Waals surface area contributed by atoms with Gasteiger partial charge in [0.25, 0.3) is 11.8 Å². The highest BCUT2D eigenvalue weighted by atomic mass is 35.5. The van der Waals surface area contributed by atoms with E-state index in [0.717, 1.165) is 30.3 Å². The Morgan fingerprint density at radius 3 is 1.44 bits per heavy atom. The molecule has 0 bridgehead atoms. The Kier molecular flexibility index (Phi) is 15.0. The minimum atomic E-state index is -1.66. The summed E-state index contributed by atoms with van der Waals surface area (Å²) >= 11 is 11.2. The van der Waals surface area contributed by atoms with Gasteiger partial charge in [0.2, 0.25) is 11.6 Å². The van der Waals surface area contributed by atoms with Crippen LogP contribution in [0.5, 0.6) is 23.0 Å². The number of nitrogens with zero attached hydrogens (tertiary/aromatic N) is 6. The predicted molar refractivity (Wildman–Crippen MR) is 257 cm³/mol. The average Bonchev–Trinajstić information content (AvgIpc) is 3.39. The first kappa shape index (κ1) is 50.1. The third-order valence-corrected chi connectivity index (χ3v) is 11.7. The third-order valence-electron chi connectivity index (χ3n) is 11.1. The molecule has 2 saturated heterocycles. The van der Waals surface area contributed by atoms with E-state index in [4.69, 9.17) is 42.1 Å². The van der Waals surface area contributed by atoms with Crippen molar-refractivity contribution in [1.29, 1.82) is 0 Å². The Bertz CT molecular complexity index is 3400. The van der Waals surface area contributed by atoms with Crippen LogP contribution in [0.15, 0.2) is 103 Å². The number of morpholine rings is 2. The molecule has 2 fully saturated rings. The topological polar surface area (TPSA) is 153 Å². The Morgan fingerprint density at radius 1 is 0.507 bits per heavy atom. The number of ether oxygens (including phenoxy) is 4. The van der Waals surface area contributed by atoms with Crippen LogP contribution in [-0.4, -0.2) is 84.4 Å². The second-order valence-corrected chi connectivity index (χ2v) is 16.8. The van der Waals surface area contributed by atoms with Crippen molar-refractivity contribution in [3.63, 3.8) is 0 Å². The van der Waals surface area contributed by atoms with Crippen LogP contribution in [0.4, 0.5) is 53.7 Å². The van der Waals surface area contributed by atoms with E-state index in [2.05, 4.69) is 25.3 Å². The number of amides is 2. The molecule has 2 N–H and O–H groups in total. The lowest BCUT2D eigenvalue weighted by Crippen LogP contribution is -2.36. The lowest BCUT2D eigenvalue weighted by Gasteiger charge is -2.27. The number of carbonyl (C=O) groups is 2. The Balaban J connectivity index is 0.000000180. The number of hydrogen-bond donors (Lipinski definition) is 2. The van der Waals surface area contributed by atoms with Gasteiger partial charge in [-0.05, 0) is 60.7 Å². The van der Waals surface area contributed by atoms with Crippen molar-refractivity contribution in [2.45, 2.75) is 0 Å². The summed E-state index contributed by atoms with van der Waals surface area (Å²) in [6, 6.07) is 18.0. The fraction of sp³-hybridized carbons (Fsp3) is 0.160. The lowest BCUT2D eigenvalue weighted by atomic mass is 10.2. The average molecular weight is 1050 g/mol. The van der Waals surface area contributed by atoms with Crippen molar-refractivity contribution in [2.75, 3.05) is 73.0 Å². The van der Waals surface area contributed by atoms with Crippen LogP contribution in [0.25, 0.3) is 22.1 Å². The summed E-state index contributed by atoms with van der Waals surface area (Å²) in [6.45, 7) is 4.94. The molecule has 2 aliphatic heterocycles. The maximum Gasteiger partial charge on any atom is 0.255 e. The highest BCUT2D eigenvalue weighted by Gasteiger charge is 2.24. The minimum Gasteiger partial charge on any atom is -0.451 e. The summed E-state index contributed by atoms with van der Waals surface area (Å²) in [4.78, 5) is 46.5. The summed E-state index contributed by atoms with van der Waals surface area (Å²) in [7, 11) is 0. The maximum atomic E-state index is 14.8. The zero-order valence-electron chi connectivity index (χ0n) is 37.5. The maximum absolute atomic E-state index is 14.8. The van der Waals surface area contributed by atoms with Crippen LogP contribution in [0.1, 0.15) is 20.7 Å². The molecule has 0 spiro atoms. The number of hydrogen-bond acceptors (Lipinski definition) is 12. The Labute approximate surface area is 419 Å². The van der Waals surface area contributed by atoms with Crippen molar-refractivity contribution >= 4 is 80.1 Å². The van der Waals surface area contributed by atoms with Gasteiger partial charge in [0.15, 0.2) is 29.0 Å². The van der Waals surface area contributed by atoms with Crippen LogP contribution < -0.4 is 29.9 Å². The number of benzene rings is 6. The van der Waals surface area contributed by atoms with E-state index in [1.165, 1.54) is 42.5 Å². The molecule has 4 heterocycles. The fourth-order valence-corrected chi connectivity index (χ4v) is 7.62. The number of carbonyl (C=O) groups excluding carboxylic acids is 2. The van der Waals surface area contributed by atoms with Crippen molar-refractivity contribution in [3.05, 3.63) is 165 Å². The van der Waals surface area contributed by atoms with Gasteiger partial charge in [-0.2, -0.15) is 4.39 Å². The van der Waals surface area contributed by atoms with Crippen molar-refractivity contribution < 1.29 is 59.3 Å². The molecule has 2 aromatic heterocycles. The van der Waals surface area contributed by atoms with Gasteiger partial charge < -0.3 is 39.4 Å². The highest BCUT2D eigenvalue weighted by Crippen LogP contribution is 2.35. The standard InChI is InChI=1S/C25H17ClF4N4O3.C25H18ClF3N4O3/c26-15-3-1-13(9-16(15)27)25(35)33-20-11-17(28)24(23(30)22(20)29)37-14-2-4-18-19(10-14)32-21(12-31-18)34-5-7-36-8-6-34;26-17-3-1-14(9-18(17)27)25(34)31-15-10-19(28)24(20(29)11-15)36-16-2-4-21-22(12-16)32-23(13-30-21)33-5-7-35-8-6-33/h1-4,9-12H,5-8H2,(H,33,35);1-4,9-13H,5-8H2,(H,31,34). The van der Waals surface area contributed by atoms with E-state index < -0.39 is 69.7 Å². The number of nitrogens with one attached hydrogen (secondary N) is 2. The minimum absolute atomic E-state index is 0.00782. The zero-order chi connectivity index (χ0) is 51.3. The van der Waals surface area contributed by atoms with Crippen molar-refractivity contribution in [3.8, 4) is 23.0 Å². The number of anilines is 4. The SMILES string of the molecule is O=C(Nc1cc(F)c(Oc2ccc3ncc(N4CCOCC4)nc3c2)c(F)c1)c1ccc(Cl)c(F)c1.O=C(Nc1cc(F)c(Oc2ccc3ncc(N4CCOCC4)nc3c2)c(F)c1F)c1ccc(Cl)c(F)c1. The molecule has 14 nitrogen and oxygen atoms in total. The molecule has 0 atom stereocenters. The Morgan fingerprint density at radius 2 is 0.959 bits per heavy atom. The van der Waals surface area contributed by atoms with Crippen molar-refractivity contribution in [2.24, 2.45) is 0 Å². The molecule has 6 aromatic carbocycles. The van der Waals surface area contributed by atoms with E-state index in [9.17, 15) is 40.3 Å². The molecule has 2 amide bonds. The fourth-order valence-electron chi connectivity index (χ4n) is 7.38. The molecule has 2 aliphatic rings. The molecular weight excluding hydrogens is 1010 g/mol. The third kappa shape index (κ3) is 11.6. The van der Waals surface area contributed by atoms with E-state index >= 15 is 0 Å². The summed E-state index contributed by atoms with van der Waals surface area (Å²) in [6.07, 6.45) is 3.29. The molecule has 0 aliphatic carbocycles. The molecule has 0 unspecified atom stereocenters. The number of fused-ring (bicyclic) bond motifs is 2. The molecule has 8 aromatic rings. The van der Waals surface area contributed by atoms with E-state index in [1.54, 1.807) is 24.5 Å². The van der Waals surface area contributed by atoms with Crippen LogP contribution in [-0.2, 0) is 9.47 Å². The molecule has 10 rings (SSSR count).